The molecular formula is C72H136O6. The summed E-state index contributed by atoms with van der Waals surface area (Å²) in [6, 6.07) is 0. The lowest BCUT2D eigenvalue weighted by Crippen LogP contribution is -2.30. The van der Waals surface area contributed by atoms with E-state index < -0.39 is 6.10 Å². The summed E-state index contributed by atoms with van der Waals surface area (Å²) >= 11 is 0. The number of hydrogen-bond donors (Lipinski definition) is 0. The summed E-state index contributed by atoms with van der Waals surface area (Å²) in [5.41, 5.74) is 0. The first-order valence-corrected chi connectivity index (χ1v) is 35.3. The molecule has 0 aromatic carbocycles. The van der Waals surface area contributed by atoms with Crippen LogP contribution < -0.4 is 0 Å². The summed E-state index contributed by atoms with van der Waals surface area (Å²) in [5, 5.41) is 0. The van der Waals surface area contributed by atoms with E-state index in [2.05, 4.69) is 45.1 Å². The third kappa shape index (κ3) is 64.7. The number of unbranched alkanes of at least 4 members (excludes halogenated alkanes) is 51. The molecule has 0 radical (unpaired) electrons. The summed E-state index contributed by atoms with van der Waals surface area (Å²) in [4.78, 5) is 38.4. The van der Waals surface area contributed by atoms with Crippen molar-refractivity contribution in [1.29, 1.82) is 0 Å². The van der Waals surface area contributed by atoms with E-state index in [4.69, 9.17) is 14.2 Å². The van der Waals surface area contributed by atoms with Gasteiger partial charge in [0.2, 0.25) is 0 Å². The monoisotopic (exact) mass is 1100 g/mol. The van der Waals surface area contributed by atoms with Crippen LogP contribution in [0.3, 0.4) is 0 Å². The predicted octanol–water partition coefficient (Wildman–Crippen LogP) is 24.2. The Labute approximate surface area is 487 Å². The standard InChI is InChI=1S/C72H136O6/c1-4-7-10-13-16-19-22-25-28-30-32-33-34-35-36-37-38-39-40-42-44-47-50-53-56-59-62-65-71(74)77-68-69(67-76-70(73)64-61-58-55-52-49-46-43-27-24-21-18-15-12-9-6-3)78-72(75)66-63-60-57-54-51-48-45-41-31-29-26-23-20-17-14-11-8-5-2/h27,30,32,43,69H,4-26,28-29,31,33-42,44-68H2,1-3H3/b32-30-,43-27-. The summed E-state index contributed by atoms with van der Waals surface area (Å²) in [6.45, 7) is 6.71. The Morgan fingerprint density at radius 3 is 0.641 bits per heavy atom. The second-order valence-corrected chi connectivity index (χ2v) is 24.1. The SMILES string of the molecule is CCCCCCCC/C=C\CCCCCCCC(=O)OCC(COC(=O)CCCCCCCCCCCCCCCCC/C=C\CCCCCCCCCC)OC(=O)CCCCCCCCCCCCCCCCCCCC. The number of rotatable bonds is 66. The minimum absolute atomic E-state index is 0.0678. The Morgan fingerprint density at radius 1 is 0.244 bits per heavy atom. The highest BCUT2D eigenvalue weighted by atomic mass is 16.6. The average Bonchev–Trinajstić information content (AvgIpc) is 3.44. The molecule has 0 aliphatic heterocycles. The number of ether oxygens (including phenoxy) is 3. The topological polar surface area (TPSA) is 78.9 Å². The molecule has 1 unspecified atom stereocenters. The van der Waals surface area contributed by atoms with Crippen LogP contribution in [0.1, 0.15) is 400 Å². The maximum atomic E-state index is 12.9. The van der Waals surface area contributed by atoms with Crippen molar-refractivity contribution in [3.8, 4) is 0 Å². The zero-order valence-electron chi connectivity index (χ0n) is 53.0. The van der Waals surface area contributed by atoms with E-state index in [9.17, 15) is 14.4 Å². The Kier molecular flexibility index (Phi) is 65.6. The van der Waals surface area contributed by atoms with Gasteiger partial charge in [-0.25, -0.2) is 0 Å². The third-order valence-corrected chi connectivity index (χ3v) is 16.2. The van der Waals surface area contributed by atoms with Crippen molar-refractivity contribution < 1.29 is 28.6 Å². The molecule has 0 saturated carbocycles. The minimum atomic E-state index is -0.772. The van der Waals surface area contributed by atoms with Crippen molar-refractivity contribution >= 4 is 17.9 Å². The molecule has 1 atom stereocenters. The molecule has 0 heterocycles. The minimum Gasteiger partial charge on any atom is -0.462 e. The highest BCUT2D eigenvalue weighted by molar-refractivity contribution is 5.71. The van der Waals surface area contributed by atoms with Gasteiger partial charge >= 0.3 is 17.9 Å². The van der Waals surface area contributed by atoms with Crippen LogP contribution in [0.25, 0.3) is 0 Å². The molecule has 0 aromatic heterocycles. The number of carbonyl (C=O) groups is 3. The maximum Gasteiger partial charge on any atom is 0.306 e. The van der Waals surface area contributed by atoms with E-state index in [0.29, 0.717) is 19.3 Å². The summed E-state index contributed by atoms with van der Waals surface area (Å²) < 4.78 is 17.0. The zero-order chi connectivity index (χ0) is 56.4. The predicted molar refractivity (Wildman–Crippen MR) is 340 cm³/mol. The molecule has 0 aliphatic carbocycles. The van der Waals surface area contributed by atoms with Crippen LogP contribution in [0, 0.1) is 0 Å². The van der Waals surface area contributed by atoms with Gasteiger partial charge in [0.05, 0.1) is 0 Å². The van der Waals surface area contributed by atoms with Crippen LogP contribution in [0.2, 0.25) is 0 Å². The van der Waals surface area contributed by atoms with E-state index in [1.807, 2.05) is 0 Å². The Bertz CT molecular complexity index is 1260. The summed E-state index contributed by atoms with van der Waals surface area (Å²) in [5.74, 6) is -0.844. The quantitative estimate of drug-likeness (QED) is 0.0261. The van der Waals surface area contributed by atoms with Gasteiger partial charge in [-0.2, -0.15) is 0 Å². The lowest BCUT2D eigenvalue weighted by atomic mass is 10.0. The number of carbonyl (C=O) groups excluding carboxylic acids is 3. The van der Waals surface area contributed by atoms with Crippen LogP contribution in [0.15, 0.2) is 24.3 Å². The fourth-order valence-electron chi connectivity index (χ4n) is 10.8. The van der Waals surface area contributed by atoms with Crippen LogP contribution in [0.4, 0.5) is 0 Å². The molecule has 460 valence electrons. The van der Waals surface area contributed by atoms with Crippen LogP contribution in [0.5, 0.6) is 0 Å². The van der Waals surface area contributed by atoms with Gasteiger partial charge < -0.3 is 14.2 Å². The van der Waals surface area contributed by atoms with Crippen molar-refractivity contribution in [2.24, 2.45) is 0 Å². The Morgan fingerprint density at radius 2 is 0.423 bits per heavy atom. The van der Waals surface area contributed by atoms with Crippen LogP contribution in [-0.2, 0) is 28.6 Å². The summed E-state index contributed by atoms with van der Waals surface area (Å²) in [6.07, 6.45) is 82.1. The Balaban J connectivity index is 4.22. The van der Waals surface area contributed by atoms with E-state index in [0.717, 1.165) is 64.2 Å². The van der Waals surface area contributed by atoms with E-state index >= 15 is 0 Å². The van der Waals surface area contributed by atoms with Gasteiger partial charge in [-0.05, 0) is 70.6 Å². The van der Waals surface area contributed by atoms with Crippen molar-refractivity contribution in [2.75, 3.05) is 13.2 Å². The van der Waals surface area contributed by atoms with Gasteiger partial charge in [-0.3, -0.25) is 14.4 Å². The van der Waals surface area contributed by atoms with Gasteiger partial charge in [-0.15, -0.1) is 0 Å². The fourth-order valence-corrected chi connectivity index (χ4v) is 10.8. The highest BCUT2D eigenvalue weighted by Crippen LogP contribution is 2.18. The van der Waals surface area contributed by atoms with E-state index in [1.165, 1.54) is 295 Å². The normalized spacial score (nSPS) is 12.1. The lowest BCUT2D eigenvalue weighted by Gasteiger charge is -2.18. The molecule has 0 aliphatic rings. The van der Waals surface area contributed by atoms with E-state index in [-0.39, 0.29) is 31.1 Å². The van der Waals surface area contributed by atoms with Crippen molar-refractivity contribution in [1.82, 2.24) is 0 Å². The van der Waals surface area contributed by atoms with Gasteiger partial charge in [0.15, 0.2) is 6.10 Å². The van der Waals surface area contributed by atoms with Gasteiger partial charge in [-0.1, -0.05) is 334 Å². The molecule has 0 aromatic rings. The first kappa shape index (κ1) is 75.9. The molecule has 0 amide bonds. The lowest BCUT2D eigenvalue weighted by molar-refractivity contribution is -0.167. The van der Waals surface area contributed by atoms with Crippen LogP contribution >= 0.6 is 0 Å². The maximum absolute atomic E-state index is 12.9. The molecule has 6 nitrogen and oxygen atoms in total. The molecule has 0 bridgehead atoms. The fraction of sp³-hybridized carbons (Fsp3) is 0.903. The number of hydrogen-bond acceptors (Lipinski definition) is 6. The van der Waals surface area contributed by atoms with E-state index in [1.54, 1.807) is 0 Å². The van der Waals surface area contributed by atoms with Crippen LogP contribution in [-0.4, -0.2) is 37.2 Å². The molecule has 0 saturated heterocycles. The smallest absolute Gasteiger partial charge is 0.306 e. The molecule has 6 heteroatoms. The largest absolute Gasteiger partial charge is 0.462 e. The molecule has 0 N–H and O–H groups in total. The molecule has 0 rings (SSSR count). The van der Waals surface area contributed by atoms with Crippen molar-refractivity contribution in [2.45, 2.75) is 406 Å². The molecule has 0 fully saturated rings. The summed E-state index contributed by atoms with van der Waals surface area (Å²) in [7, 11) is 0. The molecule has 0 spiro atoms. The average molecular weight is 1100 g/mol. The second kappa shape index (κ2) is 67.4. The van der Waals surface area contributed by atoms with Crippen molar-refractivity contribution in [3.05, 3.63) is 24.3 Å². The Hall–Kier alpha value is -2.11. The zero-order valence-corrected chi connectivity index (χ0v) is 53.0. The highest BCUT2D eigenvalue weighted by Gasteiger charge is 2.19. The first-order valence-electron chi connectivity index (χ1n) is 35.3. The van der Waals surface area contributed by atoms with Gasteiger partial charge in [0, 0.05) is 19.3 Å². The molecular weight excluding hydrogens is 961 g/mol. The first-order chi connectivity index (χ1) is 38.5. The third-order valence-electron chi connectivity index (χ3n) is 16.2. The van der Waals surface area contributed by atoms with Gasteiger partial charge in [0.1, 0.15) is 13.2 Å². The van der Waals surface area contributed by atoms with Crippen molar-refractivity contribution in [3.63, 3.8) is 0 Å². The second-order valence-electron chi connectivity index (χ2n) is 24.1. The van der Waals surface area contributed by atoms with Gasteiger partial charge in [0.25, 0.3) is 0 Å². The number of esters is 3. The number of allylic oxidation sites excluding steroid dienone is 4. The molecule has 78 heavy (non-hydrogen) atoms.